The van der Waals surface area contributed by atoms with Crippen LogP contribution in [0.25, 0.3) is 0 Å². The molecule has 3 amide bonds. The highest BCUT2D eigenvalue weighted by molar-refractivity contribution is 5.90. The van der Waals surface area contributed by atoms with Gasteiger partial charge >= 0.3 is 6.09 Å². The quantitative estimate of drug-likeness (QED) is 0.783. The summed E-state index contributed by atoms with van der Waals surface area (Å²) in [6, 6.07) is 7.65. The molecule has 0 saturated heterocycles. The predicted molar refractivity (Wildman–Crippen MR) is 89.8 cm³/mol. The summed E-state index contributed by atoms with van der Waals surface area (Å²) in [5.41, 5.74) is 6.13. The van der Waals surface area contributed by atoms with Gasteiger partial charge in [0.2, 0.25) is 11.8 Å². The number of nitrogens with one attached hydrogen (secondary N) is 1. The summed E-state index contributed by atoms with van der Waals surface area (Å²) in [6.07, 6.45) is -0.623. The van der Waals surface area contributed by atoms with Crippen molar-refractivity contribution in [3.8, 4) is 0 Å². The average molecular weight is 335 g/mol. The van der Waals surface area contributed by atoms with Crippen LogP contribution in [0, 0.1) is 5.92 Å². The lowest BCUT2D eigenvalue weighted by Gasteiger charge is -2.26. The van der Waals surface area contributed by atoms with Gasteiger partial charge < -0.3 is 15.8 Å². The molecule has 0 bridgehead atoms. The molecule has 1 aromatic rings. The molecule has 0 radical (unpaired) electrons. The first kappa shape index (κ1) is 19.5. The van der Waals surface area contributed by atoms with Gasteiger partial charge in [0.15, 0.2) is 0 Å². The number of likely N-dealkylation sites (N-methyl/N-ethyl adjacent to an activating group) is 1. The van der Waals surface area contributed by atoms with Crippen molar-refractivity contribution >= 4 is 17.9 Å². The molecule has 0 aliphatic carbocycles. The van der Waals surface area contributed by atoms with E-state index in [1.807, 2.05) is 30.3 Å². The number of nitrogens with zero attached hydrogens (tertiary/aromatic N) is 1. The molecular formula is C17H25N3O4. The second-order valence-corrected chi connectivity index (χ2v) is 5.96. The molecule has 0 aromatic heterocycles. The van der Waals surface area contributed by atoms with Crippen LogP contribution in [0.4, 0.5) is 4.79 Å². The molecule has 3 N–H and O–H groups in total. The summed E-state index contributed by atoms with van der Waals surface area (Å²) in [5.74, 6) is -1.22. The smallest absolute Gasteiger partial charge is 0.410 e. The van der Waals surface area contributed by atoms with Crippen molar-refractivity contribution < 1.29 is 19.1 Å². The van der Waals surface area contributed by atoms with Crippen molar-refractivity contribution in [3.63, 3.8) is 0 Å². The third-order valence-corrected chi connectivity index (χ3v) is 3.72. The molecule has 0 saturated carbocycles. The lowest BCUT2D eigenvalue weighted by Crippen LogP contribution is -2.54. The molecule has 1 unspecified atom stereocenters. The summed E-state index contributed by atoms with van der Waals surface area (Å²) in [6.45, 7) is 5.22. The number of benzene rings is 1. The van der Waals surface area contributed by atoms with Crippen LogP contribution in [0.2, 0.25) is 0 Å². The summed E-state index contributed by atoms with van der Waals surface area (Å²) in [4.78, 5) is 36.8. The molecule has 1 rings (SSSR count). The zero-order valence-electron chi connectivity index (χ0n) is 14.5. The minimum atomic E-state index is -0.797. The lowest BCUT2D eigenvalue weighted by molar-refractivity contribution is -0.130. The third-order valence-electron chi connectivity index (χ3n) is 3.72. The fourth-order valence-corrected chi connectivity index (χ4v) is 2.00. The van der Waals surface area contributed by atoms with Crippen molar-refractivity contribution in [3.05, 3.63) is 35.9 Å². The zero-order valence-corrected chi connectivity index (χ0v) is 14.5. The van der Waals surface area contributed by atoms with E-state index in [2.05, 4.69) is 5.32 Å². The second kappa shape index (κ2) is 8.90. The van der Waals surface area contributed by atoms with Crippen LogP contribution < -0.4 is 11.1 Å². The van der Waals surface area contributed by atoms with Crippen LogP contribution >= 0.6 is 0 Å². The number of carbonyl (C=O) groups is 3. The second-order valence-electron chi connectivity index (χ2n) is 5.96. The Kier molecular flexibility index (Phi) is 7.23. The number of primary amides is 1. The molecule has 0 aliphatic rings. The van der Waals surface area contributed by atoms with Gasteiger partial charge in [0.05, 0.1) is 0 Å². The molecule has 132 valence electrons. The first-order chi connectivity index (χ1) is 11.2. The van der Waals surface area contributed by atoms with E-state index < -0.39 is 30.0 Å². The fourth-order valence-electron chi connectivity index (χ4n) is 2.00. The van der Waals surface area contributed by atoms with Gasteiger partial charge in [0, 0.05) is 7.05 Å². The number of carbonyl (C=O) groups excluding carboxylic acids is 3. The van der Waals surface area contributed by atoms with E-state index in [0.717, 1.165) is 5.56 Å². The van der Waals surface area contributed by atoms with E-state index in [1.54, 1.807) is 20.8 Å². The molecule has 2 atom stereocenters. The minimum Gasteiger partial charge on any atom is -0.445 e. The number of rotatable bonds is 7. The number of hydrogen-bond donors (Lipinski definition) is 2. The Morgan fingerprint density at radius 3 is 2.25 bits per heavy atom. The Labute approximate surface area is 142 Å². The van der Waals surface area contributed by atoms with Gasteiger partial charge in [0.1, 0.15) is 18.7 Å². The van der Waals surface area contributed by atoms with Crippen molar-refractivity contribution in [2.75, 3.05) is 7.05 Å². The van der Waals surface area contributed by atoms with Crippen molar-refractivity contribution in [2.24, 2.45) is 11.7 Å². The van der Waals surface area contributed by atoms with E-state index in [-0.39, 0.29) is 12.5 Å². The summed E-state index contributed by atoms with van der Waals surface area (Å²) < 4.78 is 5.18. The number of hydrogen-bond acceptors (Lipinski definition) is 4. The van der Waals surface area contributed by atoms with Crippen LogP contribution in [0.5, 0.6) is 0 Å². The van der Waals surface area contributed by atoms with Crippen molar-refractivity contribution in [2.45, 2.75) is 39.5 Å². The lowest BCUT2D eigenvalue weighted by atomic mass is 10.0. The first-order valence-electron chi connectivity index (χ1n) is 7.77. The van der Waals surface area contributed by atoms with E-state index in [0.29, 0.717) is 0 Å². The van der Waals surface area contributed by atoms with E-state index in [4.69, 9.17) is 10.5 Å². The highest BCUT2D eigenvalue weighted by atomic mass is 16.6. The summed E-state index contributed by atoms with van der Waals surface area (Å²) >= 11 is 0. The average Bonchev–Trinajstić information content (AvgIpc) is 2.56. The first-order valence-corrected chi connectivity index (χ1v) is 7.77. The Morgan fingerprint density at radius 1 is 1.17 bits per heavy atom. The maximum Gasteiger partial charge on any atom is 0.410 e. The number of amides is 3. The molecule has 0 spiro atoms. The normalized spacial score (nSPS) is 13.0. The molecule has 0 aliphatic heterocycles. The van der Waals surface area contributed by atoms with Crippen molar-refractivity contribution in [1.82, 2.24) is 10.2 Å². The maximum absolute atomic E-state index is 12.2. The van der Waals surface area contributed by atoms with Crippen LogP contribution in [0.3, 0.4) is 0 Å². The zero-order chi connectivity index (χ0) is 18.3. The SMILES string of the molecule is CC(C)C(NC(=O)[C@H](C)N(C)C(=O)OCc1ccccc1)C(N)=O. The van der Waals surface area contributed by atoms with Gasteiger partial charge in [-0.2, -0.15) is 0 Å². The molecule has 7 nitrogen and oxygen atoms in total. The van der Waals surface area contributed by atoms with Crippen LogP contribution in [0.15, 0.2) is 30.3 Å². The van der Waals surface area contributed by atoms with E-state index in [1.165, 1.54) is 11.9 Å². The monoisotopic (exact) mass is 335 g/mol. The van der Waals surface area contributed by atoms with Gasteiger partial charge in [-0.15, -0.1) is 0 Å². The molecule has 24 heavy (non-hydrogen) atoms. The Morgan fingerprint density at radius 2 is 1.75 bits per heavy atom. The van der Waals surface area contributed by atoms with Crippen molar-refractivity contribution in [1.29, 1.82) is 0 Å². The fraction of sp³-hybridized carbons (Fsp3) is 0.471. The Bertz CT molecular complexity index is 574. The van der Waals surface area contributed by atoms with Gasteiger partial charge in [-0.25, -0.2) is 4.79 Å². The van der Waals surface area contributed by atoms with Gasteiger partial charge in [-0.3, -0.25) is 14.5 Å². The number of nitrogens with two attached hydrogens (primary N) is 1. The Balaban J connectivity index is 2.58. The third kappa shape index (κ3) is 5.57. The van der Waals surface area contributed by atoms with Gasteiger partial charge in [0.25, 0.3) is 0 Å². The highest BCUT2D eigenvalue weighted by Gasteiger charge is 2.28. The molecular weight excluding hydrogens is 310 g/mol. The minimum absolute atomic E-state index is 0.119. The Hall–Kier alpha value is -2.57. The number of ether oxygens (including phenoxy) is 1. The molecule has 1 aromatic carbocycles. The molecule has 0 heterocycles. The maximum atomic E-state index is 12.2. The van der Waals surface area contributed by atoms with E-state index in [9.17, 15) is 14.4 Å². The largest absolute Gasteiger partial charge is 0.445 e. The topological polar surface area (TPSA) is 102 Å². The summed E-state index contributed by atoms with van der Waals surface area (Å²) in [5, 5.41) is 2.56. The van der Waals surface area contributed by atoms with Gasteiger partial charge in [-0.05, 0) is 18.4 Å². The van der Waals surface area contributed by atoms with E-state index >= 15 is 0 Å². The standard InChI is InChI=1S/C17H25N3O4/c1-11(2)14(15(18)21)19-16(22)12(3)20(4)17(23)24-10-13-8-6-5-7-9-13/h5-9,11-12,14H,10H2,1-4H3,(H2,18,21)(H,19,22)/t12-,14?/m0/s1. The van der Waals surface area contributed by atoms with Crippen LogP contribution in [-0.2, 0) is 20.9 Å². The summed E-state index contributed by atoms with van der Waals surface area (Å²) in [7, 11) is 1.46. The van der Waals surface area contributed by atoms with Crippen LogP contribution in [0.1, 0.15) is 26.3 Å². The van der Waals surface area contributed by atoms with Gasteiger partial charge in [-0.1, -0.05) is 44.2 Å². The molecule has 0 fully saturated rings. The highest BCUT2D eigenvalue weighted by Crippen LogP contribution is 2.07. The predicted octanol–water partition coefficient (Wildman–Crippen LogP) is 1.27. The van der Waals surface area contributed by atoms with Crippen LogP contribution in [-0.4, -0.2) is 41.9 Å². The molecule has 7 heteroatoms.